The number of nitrogens with zero attached hydrogens (tertiary/aromatic N) is 3. The van der Waals surface area contributed by atoms with Crippen molar-refractivity contribution in [2.75, 3.05) is 26.2 Å². The number of pyridine rings is 1. The van der Waals surface area contributed by atoms with Gasteiger partial charge in [0.15, 0.2) is 0 Å². The van der Waals surface area contributed by atoms with Crippen molar-refractivity contribution >= 4 is 38.2 Å². The minimum Gasteiger partial charge on any atom is -0.349 e. The van der Waals surface area contributed by atoms with Crippen LogP contribution in [0.5, 0.6) is 0 Å². The third kappa shape index (κ3) is 4.32. The summed E-state index contributed by atoms with van der Waals surface area (Å²) in [6, 6.07) is 17.0. The Morgan fingerprint density at radius 2 is 1.62 bits per heavy atom. The van der Waals surface area contributed by atoms with Gasteiger partial charge in [-0.1, -0.05) is 29.8 Å². The van der Waals surface area contributed by atoms with E-state index in [2.05, 4.69) is 14.9 Å². The first-order valence-corrected chi connectivity index (χ1v) is 12.8. The van der Waals surface area contributed by atoms with Crippen LogP contribution in [-0.2, 0) is 16.4 Å². The highest BCUT2D eigenvalue weighted by atomic mass is 35.5. The highest BCUT2D eigenvalue weighted by molar-refractivity contribution is 7.91. The van der Waals surface area contributed by atoms with E-state index in [0.717, 1.165) is 6.54 Å². The van der Waals surface area contributed by atoms with Crippen molar-refractivity contribution in [3.63, 3.8) is 0 Å². The topological polar surface area (TPSA) is 86.4 Å². The zero-order valence-electron chi connectivity index (χ0n) is 18.3. The van der Waals surface area contributed by atoms with Gasteiger partial charge >= 0.3 is 0 Å². The van der Waals surface area contributed by atoms with Crippen molar-refractivity contribution in [3.8, 4) is 0 Å². The lowest BCUT2D eigenvalue weighted by molar-refractivity contribution is 0.0620. The summed E-state index contributed by atoms with van der Waals surface area (Å²) in [6.45, 7) is 3.22. The molecule has 2 aromatic carbocycles. The van der Waals surface area contributed by atoms with Gasteiger partial charge in [0.25, 0.3) is 5.91 Å². The summed E-state index contributed by atoms with van der Waals surface area (Å²) in [7, 11) is -3.96. The number of aromatic nitrogens is 2. The Morgan fingerprint density at radius 1 is 0.941 bits per heavy atom. The lowest BCUT2D eigenvalue weighted by Gasteiger charge is -2.34. The molecule has 1 fully saturated rings. The average Bonchev–Trinajstić information content (AvgIpc) is 3.25. The van der Waals surface area contributed by atoms with Crippen molar-refractivity contribution < 1.29 is 13.2 Å². The number of carbonyl (C=O) groups is 1. The number of piperazine rings is 1. The molecule has 0 radical (unpaired) electrons. The molecule has 5 rings (SSSR count). The van der Waals surface area contributed by atoms with Gasteiger partial charge in [0.1, 0.15) is 10.6 Å². The smallest absolute Gasteiger partial charge is 0.271 e. The van der Waals surface area contributed by atoms with Gasteiger partial charge in [0.2, 0.25) is 9.84 Å². The van der Waals surface area contributed by atoms with E-state index in [1.54, 1.807) is 35.5 Å². The van der Waals surface area contributed by atoms with Crippen LogP contribution in [0.15, 0.2) is 82.8 Å². The zero-order valence-corrected chi connectivity index (χ0v) is 19.9. The van der Waals surface area contributed by atoms with E-state index in [4.69, 9.17) is 11.6 Å². The standard InChI is InChI=1S/C25H23ClN4O3S/c26-19-5-7-20(8-6-19)34(32,33)24-21-3-1-2-4-22(21)28-23(24)25(31)30-15-13-29(14-16-30)17-18-9-11-27-12-10-18/h1-12,28H,13-17H2. The fourth-order valence-corrected chi connectivity index (χ4v) is 6.02. The maximum absolute atomic E-state index is 13.6. The van der Waals surface area contributed by atoms with Crippen LogP contribution in [0.4, 0.5) is 0 Å². The lowest BCUT2D eigenvalue weighted by Crippen LogP contribution is -2.48. The van der Waals surface area contributed by atoms with Gasteiger partial charge in [-0.2, -0.15) is 0 Å². The summed E-state index contributed by atoms with van der Waals surface area (Å²) in [4.78, 5) is 24.8. The van der Waals surface area contributed by atoms with E-state index < -0.39 is 9.84 Å². The fraction of sp³-hybridized carbons (Fsp3) is 0.200. The average molecular weight is 495 g/mol. The number of amides is 1. The number of hydrogen-bond acceptors (Lipinski definition) is 5. The maximum atomic E-state index is 13.6. The number of aromatic amines is 1. The first-order valence-electron chi connectivity index (χ1n) is 11.0. The van der Waals surface area contributed by atoms with Gasteiger partial charge in [-0.25, -0.2) is 8.42 Å². The van der Waals surface area contributed by atoms with Gasteiger partial charge in [-0.3, -0.25) is 14.7 Å². The third-order valence-corrected chi connectivity index (χ3v) is 8.19. The molecule has 7 nitrogen and oxygen atoms in total. The number of hydrogen-bond donors (Lipinski definition) is 1. The first kappa shape index (κ1) is 22.6. The Morgan fingerprint density at radius 3 is 2.32 bits per heavy atom. The van der Waals surface area contributed by atoms with Crippen molar-refractivity contribution in [3.05, 3.63) is 89.3 Å². The van der Waals surface area contributed by atoms with Crippen molar-refractivity contribution in [1.29, 1.82) is 0 Å². The Kier molecular flexibility index (Phi) is 6.12. The molecule has 174 valence electrons. The van der Waals surface area contributed by atoms with E-state index in [1.807, 2.05) is 18.2 Å². The van der Waals surface area contributed by atoms with E-state index in [1.165, 1.54) is 29.8 Å². The Balaban J connectivity index is 1.44. The molecule has 1 N–H and O–H groups in total. The van der Waals surface area contributed by atoms with E-state index >= 15 is 0 Å². The number of sulfone groups is 1. The summed E-state index contributed by atoms with van der Waals surface area (Å²) in [6.07, 6.45) is 3.54. The van der Waals surface area contributed by atoms with Crippen molar-refractivity contribution in [2.45, 2.75) is 16.3 Å². The molecule has 1 aliphatic heterocycles. The van der Waals surface area contributed by atoms with Crippen molar-refractivity contribution in [1.82, 2.24) is 19.8 Å². The molecule has 0 bridgehead atoms. The van der Waals surface area contributed by atoms with Gasteiger partial charge < -0.3 is 9.88 Å². The summed E-state index contributed by atoms with van der Waals surface area (Å²) in [5, 5.41) is 0.941. The largest absolute Gasteiger partial charge is 0.349 e. The highest BCUT2D eigenvalue weighted by Gasteiger charge is 2.32. The molecule has 0 spiro atoms. The van der Waals surface area contributed by atoms with E-state index in [0.29, 0.717) is 42.1 Å². The highest BCUT2D eigenvalue weighted by Crippen LogP contribution is 2.33. The molecule has 9 heteroatoms. The summed E-state index contributed by atoms with van der Waals surface area (Å²) >= 11 is 5.96. The van der Waals surface area contributed by atoms with Gasteiger partial charge in [0.05, 0.1) is 4.90 Å². The van der Waals surface area contributed by atoms with Crippen LogP contribution in [0.25, 0.3) is 10.9 Å². The minimum atomic E-state index is -3.96. The molecule has 0 aliphatic carbocycles. The fourth-order valence-electron chi connectivity index (χ4n) is 4.29. The van der Waals surface area contributed by atoms with Crippen molar-refractivity contribution in [2.24, 2.45) is 0 Å². The molecular weight excluding hydrogens is 472 g/mol. The molecule has 4 aromatic rings. The van der Waals surface area contributed by atoms with E-state index in [9.17, 15) is 13.2 Å². The Hall–Kier alpha value is -3.20. The van der Waals surface area contributed by atoms with Crippen LogP contribution in [0.3, 0.4) is 0 Å². The van der Waals surface area contributed by atoms with Gasteiger partial charge in [-0.05, 0) is 48.0 Å². The SMILES string of the molecule is O=C(c1[nH]c2ccccc2c1S(=O)(=O)c1ccc(Cl)cc1)N1CCN(Cc2ccncc2)CC1. The molecule has 1 saturated heterocycles. The molecular formula is C25H23ClN4O3S. The van der Waals surface area contributed by atoms with Crippen LogP contribution in [-0.4, -0.2) is 60.3 Å². The third-order valence-electron chi connectivity index (χ3n) is 6.08. The number of halogens is 1. The second-order valence-electron chi connectivity index (χ2n) is 8.26. The summed E-state index contributed by atoms with van der Waals surface area (Å²) in [5.41, 5.74) is 1.87. The van der Waals surface area contributed by atoms with Gasteiger partial charge in [0, 0.05) is 61.0 Å². The van der Waals surface area contributed by atoms with E-state index in [-0.39, 0.29) is 21.4 Å². The number of fused-ring (bicyclic) bond motifs is 1. The number of rotatable bonds is 5. The van der Waals surface area contributed by atoms with Gasteiger partial charge in [-0.15, -0.1) is 0 Å². The van der Waals surface area contributed by atoms with Crippen LogP contribution in [0, 0.1) is 0 Å². The van der Waals surface area contributed by atoms with Crippen LogP contribution >= 0.6 is 11.6 Å². The molecule has 1 amide bonds. The van der Waals surface area contributed by atoms with Crippen LogP contribution in [0.2, 0.25) is 5.02 Å². The summed E-state index contributed by atoms with van der Waals surface area (Å²) in [5.74, 6) is -0.313. The second-order valence-corrected chi connectivity index (χ2v) is 10.6. The monoisotopic (exact) mass is 494 g/mol. The number of nitrogens with one attached hydrogen (secondary N) is 1. The summed E-state index contributed by atoms with van der Waals surface area (Å²) < 4.78 is 27.3. The predicted molar refractivity (Wildman–Crippen MR) is 131 cm³/mol. The second kappa shape index (κ2) is 9.21. The molecule has 3 heterocycles. The molecule has 0 saturated carbocycles. The quantitative estimate of drug-likeness (QED) is 0.453. The first-order chi connectivity index (χ1) is 16.4. The molecule has 34 heavy (non-hydrogen) atoms. The predicted octanol–water partition coefficient (Wildman–Crippen LogP) is 4.01. The number of benzene rings is 2. The molecule has 2 aromatic heterocycles. The zero-order chi connectivity index (χ0) is 23.7. The Labute approximate surface area is 202 Å². The van der Waals surface area contributed by atoms with Crippen LogP contribution < -0.4 is 0 Å². The maximum Gasteiger partial charge on any atom is 0.271 e. The lowest BCUT2D eigenvalue weighted by atomic mass is 10.2. The molecule has 0 unspecified atom stereocenters. The number of H-pyrrole nitrogens is 1. The van der Waals surface area contributed by atoms with Crippen LogP contribution in [0.1, 0.15) is 16.1 Å². The minimum absolute atomic E-state index is 0.00892. The normalized spacial score (nSPS) is 15.0. The molecule has 0 atom stereocenters. The number of para-hydroxylation sites is 1. The Bertz CT molecular complexity index is 1430. The number of carbonyl (C=O) groups excluding carboxylic acids is 1. The molecule has 1 aliphatic rings.